The third-order valence-electron chi connectivity index (χ3n) is 5.15. The Balaban J connectivity index is 1.77. The van der Waals surface area contributed by atoms with Crippen molar-refractivity contribution in [1.29, 1.82) is 0 Å². The Labute approximate surface area is 210 Å². The van der Waals surface area contributed by atoms with Crippen LogP contribution in [-0.4, -0.2) is 33.4 Å². The number of nitrogens with one attached hydrogen (secondary N) is 1. The first kappa shape index (κ1) is 26.2. The minimum absolute atomic E-state index is 0.0150. The van der Waals surface area contributed by atoms with Gasteiger partial charge in [0, 0.05) is 10.7 Å². The third-order valence-corrected chi connectivity index (χ3v) is 7.19. The number of ether oxygens (including phenoxy) is 1. The zero-order valence-electron chi connectivity index (χ0n) is 19.5. The van der Waals surface area contributed by atoms with Crippen LogP contribution in [0.15, 0.2) is 77.7 Å². The molecule has 0 spiro atoms. The predicted octanol–water partition coefficient (Wildman–Crippen LogP) is 5.44. The molecule has 0 bridgehead atoms. The summed E-state index contributed by atoms with van der Waals surface area (Å²) in [6.07, 6.45) is 1.71. The van der Waals surface area contributed by atoms with Crippen LogP contribution in [-0.2, 0) is 19.6 Å². The van der Waals surface area contributed by atoms with Gasteiger partial charge in [-0.05, 0) is 74.0 Å². The van der Waals surface area contributed by atoms with Crippen LogP contribution >= 0.6 is 11.6 Å². The van der Waals surface area contributed by atoms with Crippen molar-refractivity contribution in [2.24, 2.45) is 0 Å². The van der Waals surface area contributed by atoms with Crippen molar-refractivity contribution < 1.29 is 22.7 Å². The second-order valence-corrected chi connectivity index (χ2v) is 10.2. The molecule has 3 aromatic carbocycles. The van der Waals surface area contributed by atoms with E-state index in [4.69, 9.17) is 16.3 Å². The number of sulfonamides is 1. The van der Waals surface area contributed by atoms with E-state index in [1.165, 1.54) is 24.3 Å². The second-order valence-electron chi connectivity index (χ2n) is 7.92. The van der Waals surface area contributed by atoms with Crippen molar-refractivity contribution in [1.82, 2.24) is 0 Å². The molecule has 0 saturated heterocycles. The summed E-state index contributed by atoms with van der Waals surface area (Å²) in [6.45, 7) is 3.79. The van der Waals surface area contributed by atoms with Gasteiger partial charge in [0.15, 0.2) is 0 Å². The van der Waals surface area contributed by atoms with Gasteiger partial charge in [0.05, 0.1) is 22.8 Å². The molecule has 3 rings (SSSR count). The number of hydrogen-bond acceptors (Lipinski definition) is 5. The summed E-state index contributed by atoms with van der Waals surface area (Å²) in [6, 6.07) is 18.8. The Morgan fingerprint density at radius 2 is 1.57 bits per heavy atom. The van der Waals surface area contributed by atoms with Crippen LogP contribution in [0, 0.1) is 6.92 Å². The topological polar surface area (TPSA) is 92.8 Å². The Kier molecular flexibility index (Phi) is 8.89. The van der Waals surface area contributed by atoms with E-state index in [-0.39, 0.29) is 4.90 Å². The summed E-state index contributed by atoms with van der Waals surface area (Å²) in [4.78, 5) is 24.9. The van der Waals surface area contributed by atoms with Gasteiger partial charge in [-0.2, -0.15) is 0 Å². The highest BCUT2D eigenvalue weighted by Gasteiger charge is 2.27. The first-order chi connectivity index (χ1) is 16.7. The van der Waals surface area contributed by atoms with Gasteiger partial charge >= 0.3 is 5.97 Å². The summed E-state index contributed by atoms with van der Waals surface area (Å²) < 4.78 is 33.0. The molecule has 184 valence electrons. The van der Waals surface area contributed by atoms with E-state index >= 15 is 0 Å². The molecule has 0 aliphatic heterocycles. The zero-order valence-corrected chi connectivity index (χ0v) is 21.1. The van der Waals surface area contributed by atoms with Gasteiger partial charge in [0.2, 0.25) is 5.91 Å². The lowest BCUT2D eigenvalue weighted by Crippen LogP contribution is -2.38. The van der Waals surface area contributed by atoms with Gasteiger partial charge in [0.25, 0.3) is 10.0 Å². The Morgan fingerprint density at radius 1 is 0.943 bits per heavy atom. The molecule has 0 atom stereocenters. The van der Waals surface area contributed by atoms with Gasteiger partial charge in [-0.1, -0.05) is 42.6 Å². The first-order valence-electron chi connectivity index (χ1n) is 11.1. The van der Waals surface area contributed by atoms with Crippen LogP contribution in [0.5, 0.6) is 0 Å². The molecule has 0 unspecified atom stereocenters. The number of carbonyl (C=O) groups is 2. The molecule has 0 saturated carbocycles. The van der Waals surface area contributed by atoms with Gasteiger partial charge in [0.1, 0.15) is 6.54 Å². The van der Waals surface area contributed by atoms with Crippen LogP contribution in [0.25, 0.3) is 0 Å². The molecule has 9 heteroatoms. The highest BCUT2D eigenvalue weighted by atomic mass is 35.5. The van der Waals surface area contributed by atoms with Crippen LogP contribution < -0.4 is 9.62 Å². The van der Waals surface area contributed by atoms with E-state index in [2.05, 4.69) is 5.32 Å². The fraction of sp³-hybridized carbons (Fsp3) is 0.231. The van der Waals surface area contributed by atoms with Crippen molar-refractivity contribution in [2.45, 2.75) is 31.6 Å². The molecule has 0 aliphatic rings. The third kappa shape index (κ3) is 7.07. The first-order valence-corrected chi connectivity index (χ1v) is 12.9. The van der Waals surface area contributed by atoms with Crippen molar-refractivity contribution in [2.75, 3.05) is 22.8 Å². The Bertz CT molecular complexity index is 1260. The molecule has 0 fully saturated rings. The van der Waals surface area contributed by atoms with Crippen molar-refractivity contribution in [3.63, 3.8) is 0 Å². The van der Waals surface area contributed by atoms with E-state index in [0.29, 0.717) is 28.6 Å². The predicted molar refractivity (Wildman–Crippen MR) is 137 cm³/mol. The van der Waals surface area contributed by atoms with E-state index in [0.717, 1.165) is 22.7 Å². The number of benzene rings is 3. The van der Waals surface area contributed by atoms with Crippen molar-refractivity contribution >= 4 is 44.9 Å². The number of carbonyl (C=O) groups excluding carboxylic acids is 2. The SMILES string of the molecule is CCCCOC(=O)c1ccc(NC(=O)CN(c2ccc(C)cc2)S(=O)(=O)c2ccc(Cl)cc2)cc1. The van der Waals surface area contributed by atoms with E-state index < -0.39 is 28.4 Å². The Hall–Kier alpha value is -3.36. The van der Waals surface area contributed by atoms with E-state index in [1.807, 2.05) is 13.8 Å². The summed E-state index contributed by atoms with van der Waals surface area (Å²) in [5, 5.41) is 3.09. The smallest absolute Gasteiger partial charge is 0.338 e. The molecule has 35 heavy (non-hydrogen) atoms. The largest absolute Gasteiger partial charge is 0.462 e. The Morgan fingerprint density at radius 3 is 2.17 bits per heavy atom. The summed E-state index contributed by atoms with van der Waals surface area (Å²) in [5.41, 5.74) is 2.10. The number of esters is 1. The molecule has 0 radical (unpaired) electrons. The quantitative estimate of drug-likeness (QED) is 0.287. The number of amides is 1. The summed E-state index contributed by atoms with van der Waals surface area (Å²) in [5.74, 6) is -0.975. The fourth-order valence-electron chi connectivity index (χ4n) is 3.17. The van der Waals surface area contributed by atoms with Gasteiger partial charge in [-0.25, -0.2) is 13.2 Å². The van der Waals surface area contributed by atoms with Gasteiger partial charge in [-0.3, -0.25) is 9.10 Å². The standard InChI is InChI=1S/C26H27ClN2O5S/c1-3-4-17-34-26(31)20-7-11-22(12-8-20)28-25(30)18-29(23-13-5-19(2)6-14-23)35(32,33)24-15-9-21(27)10-16-24/h5-16H,3-4,17-18H2,1-2H3,(H,28,30). The highest BCUT2D eigenvalue weighted by Crippen LogP contribution is 2.25. The molecule has 7 nitrogen and oxygen atoms in total. The molecule has 0 aliphatic carbocycles. The van der Waals surface area contributed by atoms with Crippen LogP contribution in [0.4, 0.5) is 11.4 Å². The van der Waals surface area contributed by atoms with Crippen LogP contribution in [0.1, 0.15) is 35.7 Å². The number of hydrogen-bond donors (Lipinski definition) is 1. The number of nitrogens with zero attached hydrogens (tertiary/aromatic N) is 1. The van der Waals surface area contributed by atoms with E-state index in [9.17, 15) is 18.0 Å². The van der Waals surface area contributed by atoms with E-state index in [1.54, 1.807) is 48.5 Å². The lowest BCUT2D eigenvalue weighted by Gasteiger charge is -2.24. The lowest BCUT2D eigenvalue weighted by molar-refractivity contribution is -0.114. The maximum Gasteiger partial charge on any atom is 0.338 e. The van der Waals surface area contributed by atoms with Crippen molar-refractivity contribution in [3.05, 3.63) is 88.9 Å². The maximum atomic E-state index is 13.4. The molecular weight excluding hydrogens is 488 g/mol. The zero-order chi connectivity index (χ0) is 25.4. The fourth-order valence-corrected chi connectivity index (χ4v) is 4.72. The molecule has 3 aromatic rings. The maximum absolute atomic E-state index is 13.4. The normalized spacial score (nSPS) is 11.1. The second kappa shape index (κ2) is 11.9. The molecule has 0 heterocycles. The van der Waals surface area contributed by atoms with Crippen LogP contribution in [0.3, 0.4) is 0 Å². The van der Waals surface area contributed by atoms with Gasteiger partial charge < -0.3 is 10.1 Å². The summed E-state index contributed by atoms with van der Waals surface area (Å²) >= 11 is 5.91. The summed E-state index contributed by atoms with van der Waals surface area (Å²) in [7, 11) is -4.05. The minimum atomic E-state index is -4.05. The van der Waals surface area contributed by atoms with Gasteiger partial charge in [-0.15, -0.1) is 0 Å². The number of rotatable bonds is 10. The molecule has 1 N–H and O–H groups in total. The minimum Gasteiger partial charge on any atom is -0.462 e. The number of unbranched alkanes of at least 4 members (excludes halogenated alkanes) is 1. The van der Waals surface area contributed by atoms with Crippen molar-refractivity contribution in [3.8, 4) is 0 Å². The number of halogens is 1. The highest BCUT2D eigenvalue weighted by molar-refractivity contribution is 7.92. The van der Waals surface area contributed by atoms with Crippen LogP contribution in [0.2, 0.25) is 5.02 Å². The molecular formula is C26H27ClN2O5S. The number of aryl methyl sites for hydroxylation is 1. The number of anilines is 2. The average Bonchev–Trinajstić information content (AvgIpc) is 2.84. The molecule has 0 aromatic heterocycles. The molecule has 1 amide bonds. The average molecular weight is 515 g/mol. The lowest BCUT2D eigenvalue weighted by atomic mass is 10.2. The monoisotopic (exact) mass is 514 g/mol.